The number of nitrogens with one attached hydrogen (secondary N) is 1. The minimum Gasteiger partial charge on any atom is -0.491 e. The zero-order chi connectivity index (χ0) is 32.1. The van der Waals surface area contributed by atoms with Gasteiger partial charge in [-0.3, -0.25) is 9.59 Å². The molecule has 13 nitrogen and oxygen atoms in total. The van der Waals surface area contributed by atoms with E-state index in [1.165, 1.54) is 7.11 Å². The molecule has 3 rings (SSSR count). The molecule has 242 valence electrons. The van der Waals surface area contributed by atoms with Gasteiger partial charge in [-0.1, -0.05) is 59.7 Å². The van der Waals surface area contributed by atoms with Crippen molar-refractivity contribution in [3.63, 3.8) is 0 Å². The maximum Gasteiger partial charge on any atom is 0.307 e. The van der Waals surface area contributed by atoms with Crippen LogP contribution < -0.4 is 15.8 Å². The molecule has 0 aliphatic carbocycles. The molecule has 13 heteroatoms. The van der Waals surface area contributed by atoms with Gasteiger partial charge in [0.1, 0.15) is 12.4 Å². The van der Waals surface area contributed by atoms with Gasteiger partial charge >= 0.3 is 5.97 Å². The van der Waals surface area contributed by atoms with E-state index >= 15 is 0 Å². The number of rotatable bonds is 22. The van der Waals surface area contributed by atoms with E-state index in [9.17, 15) is 9.59 Å². The lowest BCUT2D eigenvalue weighted by molar-refractivity contribution is -0.141. The molecule has 45 heavy (non-hydrogen) atoms. The Kier molecular flexibility index (Phi) is 16.2. The van der Waals surface area contributed by atoms with E-state index in [1.807, 2.05) is 60.7 Å². The quantitative estimate of drug-likeness (QED) is 0.0552. The van der Waals surface area contributed by atoms with Crippen molar-refractivity contribution in [2.75, 3.05) is 79.7 Å². The van der Waals surface area contributed by atoms with Crippen LogP contribution in [0.3, 0.4) is 0 Å². The minimum absolute atomic E-state index is 0.00233. The number of azide groups is 1. The molecule has 0 heterocycles. The van der Waals surface area contributed by atoms with E-state index in [1.54, 1.807) is 0 Å². The highest BCUT2D eigenvalue weighted by atomic mass is 16.6. The van der Waals surface area contributed by atoms with Crippen molar-refractivity contribution in [3.8, 4) is 16.9 Å². The van der Waals surface area contributed by atoms with Gasteiger partial charge < -0.3 is 39.5 Å². The highest BCUT2D eigenvalue weighted by Gasteiger charge is 2.19. The van der Waals surface area contributed by atoms with Gasteiger partial charge in [0.2, 0.25) is 5.91 Å². The largest absolute Gasteiger partial charge is 0.491 e. The van der Waals surface area contributed by atoms with Gasteiger partial charge in [-0.15, -0.1) is 0 Å². The van der Waals surface area contributed by atoms with Crippen molar-refractivity contribution in [2.24, 2.45) is 10.8 Å². The summed E-state index contributed by atoms with van der Waals surface area (Å²) in [7, 11) is 1.31. The first-order valence-corrected chi connectivity index (χ1v) is 14.7. The van der Waals surface area contributed by atoms with Crippen molar-refractivity contribution in [1.29, 1.82) is 0 Å². The molecule has 1 amide bonds. The Balaban J connectivity index is 1.45. The van der Waals surface area contributed by atoms with Crippen LogP contribution in [-0.4, -0.2) is 91.5 Å². The summed E-state index contributed by atoms with van der Waals surface area (Å²) in [5.41, 5.74) is 16.4. The summed E-state index contributed by atoms with van der Waals surface area (Å²) in [6.45, 7) is 4.01. The van der Waals surface area contributed by atoms with Crippen molar-refractivity contribution < 1.29 is 38.0 Å². The van der Waals surface area contributed by atoms with Crippen LogP contribution in [0.2, 0.25) is 0 Å². The van der Waals surface area contributed by atoms with E-state index in [-0.39, 0.29) is 18.9 Å². The molecular weight excluding hydrogens is 582 g/mol. The first kappa shape index (κ1) is 35.3. The van der Waals surface area contributed by atoms with Crippen LogP contribution in [0.4, 0.5) is 0 Å². The molecule has 1 atom stereocenters. The van der Waals surface area contributed by atoms with E-state index in [0.29, 0.717) is 66.0 Å². The number of methoxy groups -OCH3 is 1. The number of hydrogen-bond donors (Lipinski definition) is 2. The maximum absolute atomic E-state index is 11.9. The van der Waals surface area contributed by atoms with Gasteiger partial charge in [-0.25, -0.2) is 0 Å². The Morgan fingerprint density at radius 2 is 1.42 bits per heavy atom. The van der Waals surface area contributed by atoms with Crippen LogP contribution in [0, 0.1) is 0 Å². The maximum atomic E-state index is 11.9. The number of amides is 1. The van der Waals surface area contributed by atoms with Crippen molar-refractivity contribution in [2.45, 2.75) is 12.5 Å². The van der Waals surface area contributed by atoms with Crippen LogP contribution in [-0.2, 0) is 33.3 Å². The SMILES string of the molecule is COC(=O)C[C@H](NC(=O)CN)c1ccc(-c2ccc(OCCOCCOCCOCCOCCN=[N+]=[N-])c3ccccc23)cc1. The number of benzene rings is 3. The van der Waals surface area contributed by atoms with Gasteiger partial charge in [0, 0.05) is 16.8 Å². The van der Waals surface area contributed by atoms with E-state index in [4.69, 9.17) is 39.7 Å². The Hall–Kier alpha value is -4.23. The fraction of sp³-hybridized carbons (Fsp3) is 0.438. The molecule has 0 unspecified atom stereocenters. The molecule has 0 aliphatic heterocycles. The Labute approximate surface area is 262 Å². The Bertz CT molecular complexity index is 1360. The number of hydrogen-bond acceptors (Lipinski definition) is 10. The second-order valence-electron chi connectivity index (χ2n) is 9.64. The summed E-state index contributed by atoms with van der Waals surface area (Å²) in [6, 6.07) is 19.1. The predicted molar refractivity (Wildman–Crippen MR) is 169 cm³/mol. The molecule has 0 bridgehead atoms. The molecular formula is C32H41N5O8. The highest BCUT2D eigenvalue weighted by molar-refractivity contribution is 6.00. The third-order valence-corrected chi connectivity index (χ3v) is 6.63. The first-order valence-electron chi connectivity index (χ1n) is 14.7. The summed E-state index contributed by atoms with van der Waals surface area (Å²) >= 11 is 0. The number of carbonyl (C=O) groups excluding carboxylic acids is 2. The number of carbonyl (C=O) groups is 2. The zero-order valence-electron chi connectivity index (χ0n) is 25.5. The number of ether oxygens (including phenoxy) is 6. The smallest absolute Gasteiger partial charge is 0.307 e. The van der Waals surface area contributed by atoms with Crippen LogP contribution in [0.25, 0.3) is 32.3 Å². The highest BCUT2D eigenvalue weighted by Crippen LogP contribution is 2.35. The third-order valence-electron chi connectivity index (χ3n) is 6.63. The zero-order valence-corrected chi connectivity index (χ0v) is 25.5. The number of nitrogens with zero attached hydrogens (tertiary/aromatic N) is 3. The van der Waals surface area contributed by atoms with E-state index < -0.39 is 12.0 Å². The lowest BCUT2D eigenvalue weighted by Crippen LogP contribution is -2.35. The molecule has 0 aromatic heterocycles. The fourth-order valence-corrected chi connectivity index (χ4v) is 4.42. The topological polar surface area (TPSA) is 176 Å². The molecule has 3 N–H and O–H groups in total. The molecule has 3 aromatic rings. The van der Waals surface area contributed by atoms with E-state index in [0.717, 1.165) is 33.2 Å². The van der Waals surface area contributed by atoms with Gasteiger partial charge in [-0.2, -0.15) is 0 Å². The second kappa shape index (κ2) is 20.7. The molecule has 0 fully saturated rings. The summed E-state index contributed by atoms with van der Waals surface area (Å²) in [4.78, 5) is 26.5. The monoisotopic (exact) mass is 623 g/mol. The van der Waals surface area contributed by atoms with Crippen molar-refractivity contribution >= 4 is 22.6 Å². The predicted octanol–water partition coefficient (Wildman–Crippen LogP) is 3.94. The lowest BCUT2D eigenvalue weighted by atomic mass is 9.95. The first-order chi connectivity index (χ1) is 22.1. The van der Waals surface area contributed by atoms with Crippen LogP contribution in [0.1, 0.15) is 18.0 Å². The standard InChI is InChI=1S/C32H41N5O8/c1-40-32(39)22-29(36-31(38)23-33)25-8-6-24(7-9-25)26-10-11-30(28-5-3-2-4-27(26)28)45-21-20-44-19-18-43-17-16-42-15-14-41-13-12-35-37-34/h2-11,29H,12-23,33H2,1H3,(H,36,38)/t29-/m0/s1. The molecule has 3 aromatic carbocycles. The molecule has 0 saturated heterocycles. The van der Waals surface area contributed by atoms with Gasteiger partial charge in [0.15, 0.2) is 0 Å². The van der Waals surface area contributed by atoms with Crippen LogP contribution in [0.15, 0.2) is 65.8 Å². The summed E-state index contributed by atoms with van der Waals surface area (Å²) in [5, 5.41) is 8.17. The number of nitrogens with two attached hydrogens (primary N) is 1. The molecule has 0 aliphatic rings. The van der Waals surface area contributed by atoms with E-state index in [2.05, 4.69) is 15.3 Å². The van der Waals surface area contributed by atoms with Crippen LogP contribution in [0.5, 0.6) is 5.75 Å². The normalized spacial score (nSPS) is 11.5. The molecule has 0 spiro atoms. The summed E-state index contributed by atoms with van der Waals surface area (Å²) in [5.74, 6) is -0.0232. The minimum atomic E-state index is -0.544. The number of esters is 1. The van der Waals surface area contributed by atoms with Gasteiger partial charge in [-0.05, 0) is 33.7 Å². The Morgan fingerprint density at radius 1 is 0.822 bits per heavy atom. The fourth-order valence-electron chi connectivity index (χ4n) is 4.42. The average molecular weight is 624 g/mol. The summed E-state index contributed by atoms with van der Waals surface area (Å²) in [6.07, 6.45) is 0.00233. The Morgan fingerprint density at radius 3 is 2.02 bits per heavy atom. The molecule has 0 saturated carbocycles. The lowest BCUT2D eigenvalue weighted by Gasteiger charge is -2.18. The second-order valence-corrected chi connectivity index (χ2v) is 9.64. The number of fused-ring (bicyclic) bond motifs is 1. The van der Waals surface area contributed by atoms with Gasteiger partial charge in [0.05, 0.1) is 79.0 Å². The van der Waals surface area contributed by atoms with Crippen LogP contribution >= 0.6 is 0 Å². The third kappa shape index (κ3) is 12.4. The van der Waals surface area contributed by atoms with Crippen molar-refractivity contribution in [3.05, 3.63) is 76.7 Å². The average Bonchev–Trinajstić information content (AvgIpc) is 3.07. The van der Waals surface area contributed by atoms with Gasteiger partial charge in [0.25, 0.3) is 0 Å². The molecule has 0 radical (unpaired) electrons. The van der Waals surface area contributed by atoms with Crippen molar-refractivity contribution in [1.82, 2.24) is 5.32 Å². The summed E-state index contributed by atoms with van der Waals surface area (Å²) < 4.78 is 32.6.